The number of carbonyl (C=O) groups is 1. The van der Waals surface area contributed by atoms with E-state index in [1.165, 1.54) is 0 Å². The van der Waals surface area contributed by atoms with Gasteiger partial charge in [-0.2, -0.15) is 5.10 Å². The number of H-pyrrole nitrogens is 1. The lowest BCUT2D eigenvalue weighted by Gasteiger charge is -2.11. The number of hydrogen-bond acceptors (Lipinski definition) is 5. The lowest BCUT2D eigenvalue weighted by atomic mass is 10.2. The molecule has 0 aliphatic heterocycles. The molecule has 4 aromatic heterocycles. The molecule has 1 amide bonds. The molecule has 4 aromatic rings. The Labute approximate surface area is 142 Å². The predicted octanol–water partition coefficient (Wildman–Crippen LogP) is 2.01. The number of pyridine rings is 2. The van der Waals surface area contributed by atoms with E-state index >= 15 is 0 Å². The van der Waals surface area contributed by atoms with Crippen molar-refractivity contribution in [3.05, 3.63) is 66.5 Å². The molecule has 2 N–H and O–H groups in total. The molecule has 0 radical (unpaired) electrons. The predicted molar refractivity (Wildman–Crippen MR) is 90.7 cm³/mol. The van der Waals surface area contributed by atoms with Gasteiger partial charge in [-0.25, -0.2) is 0 Å². The Kier molecular flexibility index (Phi) is 3.70. The van der Waals surface area contributed by atoms with Crippen molar-refractivity contribution in [3.63, 3.8) is 0 Å². The number of aromatic nitrogens is 6. The maximum Gasteiger partial charge on any atom is 0.269 e. The summed E-state index contributed by atoms with van der Waals surface area (Å²) in [4.78, 5) is 16.5. The first-order chi connectivity index (χ1) is 12.2. The summed E-state index contributed by atoms with van der Waals surface area (Å²) < 4.78 is 1.85. The van der Waals surface area contributed by atoms with Crippen molar-refractivity contribution in [3.8, 4) is 11.3 Å². The standard InChI is InChI=1S/C17H15N7O/c1-11(16-23-22-15-4-2-3-9-24(15)16)19-17(25)14-10-13(20-21-14)12-5-7-18-8-6-12/h2-11H,1H3,(H,19,25)(H,20,21)/t11-/m1/s1. The van der Waals surface area contributed by atoms with Crippen molar-refractivity contribution in [2.45, 2.75) is 13.0 Å². The Bertz CT molecular complexity index is 1020. The van der Waals surface area contributed by atoms with Crippen LogP contribution in [-0.2, 0) is 0 Å². The van der Waals surface area contributed by atoms with Gasteiger partial charge in [-0.3, -0.25) is 19.3 Å². The van der Waals surface area contributed by atoms with Crippen LogP contribution >= 0.6 is 0 Å². The van der Waals surface area contributed by atoms with E-state index in [0.717, 1.165) is 11.2 Å². The van der Waals surface area contributed by atoms with Crippen molar-refractivity contribution < 1.29 is 4.79 Å². The Hall–Kier alpha value is -3.55. The van der Waals surface area contributed by atoms with Crippen molar-refractivity contribution in [2.75, 3.05) is 0 Å². The third-order valence-electron chi connectivity index (χ3n) is 3.87. The van der Waals surface area contributed by atoms with Crippen LogP contribution in [0.4, 0.5) is 0 Å². The van der Waals surface area contributed by atoms with Gasteiger partial charge in [0.15, 0.2) is 11.5 Å². The molecule has 0 unspecified atom stereocenters. The molecule has 1 atom stereocenters. The van der Waals surface area contributed by atoms with Crippen LogP contribution in [0, 0.1) is 0 Å². The molecule has 0 aliphatic rings. The van der Waals surface area contributed by atoms with E-state index in [1.807, 2.05) is 47.9 Å². The number of hydrogen-bond donors (Lipinski definition) is 2. The molecule has 0 saturated heterocycles. The molecule has 0 saturated carbocycles. The van der Waals surface area contributed by atoms with Gasteiger partial charge in [0.2, 0.25) is 0 Å². The van der Waals surface area contributed by atoms with Gasteiger partial charge in [0.1, 0.15) is 5.69 Å². The van der Waals surface area contributed by atoms with Crippen molar-refractivity contribution in [2.24, 2.45) is 0 Å². The molecule has 0 bridgehead atoms. The molecule has 8 nitrogen and oxygen atoms in total. The Morgan fingerprint density at radius 3 is 2.88 bits per heavy atom. The van der Waals surface area contributed by atoms with Crippen LogP contribution in [0.25, 0.3) is 16.9 Å². The third-order valence-corrected chi connectivity index (χ3v) is 3.87. The smallest absolute Gasteiger partial charge is 0.269 e. The first kappa shape index (κ1) is 15.0. The minimum absolute atomic E-state index is 0.256. The van der Waals surface area contributed by atoms with Gasteiger partial charge in [-0.05, 0) is 37.3 Å². The van der Waals surface area contributed by atoms with Gasteiger partial charge in [0, 0.05) is 24.2 Å². The summed E-state index contributed by atoms with van der Waals surface area (Å²) in [5.74, 6) is 0.408. The molecule has 25 heavy (non-hydrogen) atoms. The molecular formula is C17H15N7O. The Balaban J connectivity index is 1.53. The highest BCUT2D eigenvalue weighted by Gasteiger charge is 2.18. The molecular weight excluding hydrogens is 318 g/mol. The quantitative estimate of drug-likeness (QED) is 0.595. The summed E-state index contributed by atoms with van der Waals surface area (Å²) in [5.41, 5.74) is 2.70. The normalized spacial score (nSPS) is 12.2. The highest BCUT2D eigenvalue weighted by atomic mass is 16.2. The molecule has 4 heterocycles. The van der Waals surface area contributed by atoms with E-state index in [4.69, 9.17) is 0 Å². The zero-order valence-corrected chi connectivity index (χ0v) is 13.4. The van der Waals surface area contributed by atoms with Crippen molar-refractivity contribution in [1.82, 2.24) is 35.1 Å². The molecule has 0 aromatic carbocycles. The maximum atomic E-state index is 12.5. The minimum Gasteiger partial charge on any atom is -0.341 e. The van der Waals surface area contributed by atoms with Crippen LogP contribution in [0.3, 0.4) is 0 Å². The number of aromatic amines is 1. The Morgan fingerprint density at radius 2 is 2.04 bits per heavy atom. The molecule has 8 heteroatoms. The average Bonchev–Trinajstić information content (AvgIpc) is 3.30. The van der Waals surface area contributed by atoms with Crippen LogP contribution in [0.15, 0.2) is 55.0 Å². The number of nitrogens with one attached hydrogen (secondary N) is 2. The molecule has 4 rings (SSSR count). The zero-order chi connectivity index (χ0) is 17.2. The number of amides is 1. The van der Waals surface area contributed by atoms with Crippen LogP contribution < -0.4 is 5.32 Å². The topological polar surface area (TPSA) is 101 Å². The van der Waals surface area contributed by atoms with E-state index in [9.17, 15) is 4.79 Å². The maximum absolute atomic E-state index is 12.5. The monoisotopic (exact) mass is 333 g/mol. The highest BCUT2D eigenvalue weighted by Crippen LogP contribution is 2.17. The van der Waals surface area contributed by atoms with Crippen LogP contribution in [-0.4, -0.2) is 35.7 Å². The number of carbonyl (C=O) groups excluding carboxylic acids is 1. The van der Waals surface area contributed by atoms with Crippen molar-refractivity contribution >= 4 is 11.6 Å². The van der Waals surface area contributed by atoms with Gasteiger partial charge < -0.3 is 5.32 Å². The summed E-state index contributed by atoms with van der Waals surface area (Å²) in [7, 11) is 0. The lowest BCUT2D eigenvalue weighted by molar-refractivity contribution is 0.0933. The highest BCUT2D eigenvalue weighted by molar-refractivity contribution is 5.93. The summed E-state index contributed by atoms with van der Waals surface area (Å²) in [5, 5.41) is 18.1. The second kappa shape index (κ2) is 6.16. The number of nitrogens with zero attached hydrogens (tertiary/aromatic N) is 5. The van der Waals surface area contributed by atoms with Gasteiger partial charge in [0.25, 0.3) is 5.91 Å². The summed E-state index contributed by atoms with van der Waals surface area (Å²) >= 11 is 0. The third kappa shape index (κ3) is 2.85. The van der Waals surface area contributed by atoms with E-state index in [0.29, 0.717) is 17.2 Å². The molecule has 0 fully saturated rings. The van der Waals surface area contributed by atoms with Gasteiger partial charge >= 0.3 is 0 Å². The zero-order valence-electron chi connectivity index (χ0n) is 13.4. The fourth-order valence-corrected chi connectivity index (χ4v) is 2.60. The second-order valence-electron chi connectivity index (χ2n) is 5.58. The fourth-order valence-electron chi connectivity index (χ4n) is 2.60. The largest absolute Gasteiger partial charge is 0.341 e. The first-order valence-electron chi connectivity index (χ1n) is 7.79. The molecule has 124 valence electrons. The Morgan fingerprint density at radius 1 is 1.20 bits per heavy atom. The van der Waals surface area contributed by atoms with E-state index in [1.54, 1.807) is 18.5 Å². The SMILES string of the molecule is C[C@@H](NC(=O)c1cc(-c2ccncc2)n[nH]1)c1nnc2ccccn12. The average molecular weight is 333 g/mol. The minimum atomic E-state index is -0.308. The summed E-state index contributed by atoms with van der Waals surface area (Å²) in [6.07, 6.45) is 5.23. The van der Waals surface area contributed by atoms with E-state index < -0.39 is 0 Å². The number of fused-ring (bicyclic) bond motifs is 1. The van der Waals surface area contributed by atoms with Crippen LogP contribution in [0.5, 0.6) is 0 Å². The second-order valence-corrected chi connectivity index (χ2v) is 5.58. The molecule has 0 aliphatic carbocycles. The van der Waals surface area contributed by atoms with Gasteiger partial charge in [-0.15, -0.1) is 10.2 Å². The number of rotatable bonds is 4. The fraction of sp³-hybridized carbons (Fsp3) is 0.118. The van der Waals surface area contributed by atoms with Crippen molar-refractivity contribution in [1.29, 1.82) is 0 Å². The van der Waals surface area contributed by atoms with Crippen LogP contribution in [0.1, 0.15) is 29.3 Å². The van der Waals surface area contributed by atoms with E-state index in [2.05, 4.69) is 30.7 Å². The first-order valence-corrected chi connectivity index (χ1v) is 7.79. The summed E-state index contributed by atoms with van der Waals surface area (Å²) in [6.45, 7) is 1.86. The van der Waals surface area contributed by atoms with Gasteiger partial charge in [0.05, 0.1) is 11.7 Å². The lowest BCUT2D eigenvalue weighted by Crippen LogP contribution is -2.28. The van der Waals surface area contributed by atoms with Gasteiger partial charge in [-0.1, -0.05) is 6.07 Å². The van der Waals surface area contributed by atoms with Crippen LogP contribution in [0.2, 0.25) is 0 Å². The molecule has 0 spiro atoms. The van der Waals surface area contributed by atoms with E-state index in [-0.39, 0.29) is 11.9 Å². The summed E-state index contributed by atoms with van der Waals surface area (Å²) in [6, 6.07) is 10.7.